The van der Waals surface area contributed by atoms with E-state index < -0.39 is 5.60 Å². The summed E-state index contributed by atoms with van der Waals surface area (Å²) in [6.07, 6.45) is 0.514. The molecule has 0 aliphatic carbocycles. The van der Waals surface area contributed by atoms with Crippen LogP contribution in [-0.4, -0.2) is 36.9 Å². The molecule has 0 aromatic heterocycles. The quantitative estimate of drug-likeness (QED) is 0.692. The second-order valence-corrected chi connectivity index (χ2v) is 4.99. The fraction of sp³-hybridized carbons (Fsp3) is 0.917. The van der Waals surface area contributed by atoms with Crippen LogP contribution in [0.25, 0.3) is 0 Å². The Morgan fingerprint density at radius 1 is 1.44 bits per heavy atom. The van der Waals surface area contributed by atoms with Crippen molar-refractivity contribution in [2.75, 3.05) is 20.3 Å². The van der Waals surface area contributed by atoms with Gasteiger partial charge in [0, 0.05) is 32.6 Å². The first-order chi connectivity index (χ1) is 7.30. The van der Waals surface area contributed by atoms with Crippen LogP contribution in [0.2, 0.25) is 0 Å². The minimum atomic E-state index is -0.900. The standard InChI is InChI=1S/C12H25NO3/c1-9(2)10(3)11(14)13-8-12(4,15)6-7-16-5/h9-10,15H,6-8H2,1-5H3,(H,13,14). The van der Waals surface area contributed by atoms with E-state index in [0.717, 1.165) is 0 Å². The first-order valence-electron chi connectivity index (χ1n) is 5.79. The normalized spacial score (nSPS) is 16.9. The number of nitrogens with one attached hydrogen (secondary N) is 1. The predicted octanol–water partition coefficient (Wildman–Crippen LogP) is 1.18. The van der Waals surface area contributed by atoms with Crippen LogP contribution in [0, 0.1) is 11.8 Å². The lowest BCUT2D eigenvalue weighted by molar-refractivity contribution is -0.127. The van der Waals surface area contributed by atoms with Gasteiger partial charge < -0.3 is 15.2 Å². The highest BCUT2D eigenvalue weighted by Crippen LogP contribution is 2.11. The zero-order valence-corrected chi connectivity index (χ0v) is 11.0. The van der Waals surface area contributed by atoms with Gasteiger partial charge in [0.2, 0.25) is 5.91 Å². The maximum atomic E-state index is 11.7. The van der Waals surface area contributed by atoms with Crippen LogP contribution in [0.5, 0.6) is 0 Å². The molecule has 2 unspecified atom stereocenters. The molecule has 0 saturated carbocycles. The molecule has 96 valence electrons. The molecule has 0 rings (SSSR count). The highest BCUT2D eigenvalue weighted by molar-refractivity contribution is 5.78. The number of aliphatic hydroxyl groups is 1. The van der Waals surface area contributed by atoms with Crippen molar-refractivity contribution in [2.45, 2.75) is 39.7 Å². The van der Waals surface area contributed by atoms with Crippen molar-refractivity contribution >= 4 is 5.91 Å². The van der Waals surface area contributed by atoms with Crippen molar-refractivity contribution in [3.8, 4) is 0 Å². The lowest BCUT2D eigenvalue weighted by atomic mass is 9.96. The van der Waals surface area contributed by atoms with Gasteiger partial charge in [-0.25, -0.2) is 0 Å². The molecule has 0 fully saturated rings. The molecule has 0 spiro atoms. The predicted molar refractivity (Wildman–Crippen MR) is 64.1 cm³/mol. The van der Waals surface area contributed by atoms with E-state index in [1.807, 2.05) is 20.8 Å². The van der Waals surface area contributed by atoms with Gasteiger partial charge in [-0.2, -0.15) is 0 Å². The van der Waals surface area contributed by atoms with Gasteiger partial charge in [-0.05, 0) is 12.8 Å². The van der Waals surface area contributed by atoms with Gasteiger partial charge in [-0.1, -0.05) is 20.8 Å². The van der Waals surface area contributed by atoms with Crippen LogP contribution in [0.3, 0.4) is 0 Å². The minimum Gasteiger partial charge on any atom is -0.388 e. The van der Waals surface area contributed by atoms with Gasteiger partial charge in [0.05, 0.1) is 5.60 Å². The number of hydrogen-bond donors (Lipinski definition) is 2. The molecule has 0 aromatic rings. The second-order valence-electron chi connectivity index (χ2n) is 4.99. The molecule has 4 heteroatoms. The zero-order chi connectivity index (χ0) is 12.8. The average molecular weight is 231 g/mol. The van der Waals surface area contributed by atoms with Gasteiger partial charge in [0.25, 0.3) is 0 Å². The first-order valence-corrected chi connectivity index (χ1v) is 5.79. The third-order valence-corrected chi connectivity index (χ3v) is 2.90. The van der Waals surface area contributed by atoms with E-state index in [1.54, 1.807) is 14.0 Å². The second kappa shape index (κ2) is 6.86. The summed E-state index contributed by atoms with van der Waals surface area (Å²) >= 11 is 0. The molecule has 0 aliphatic heterocycles. The molecule has 0 aliphatic rings. The monoisotopic (exact) mass is 231 g/mol. The molecule has 0 saturated heterocycles. The molecule has 0 radical (unpaired) electrons. The third kappa shape index (κ3) is 6.08. The minimum absolute atomic E-state index is 0.00677. The smallest absolute Gasteiger partial charge is 0.223 e. The van der Waals surface area contributed by atoms with E-state index in [2.05, 4.69) is 5.32 Å². The average Bonchev–Trinajstić information content (AvgIpc) is 2.22. The largest absolute Gasteiger partial charge is 0.388 e. The lowest BCUT2D eigenvalue weighted by Crippen LogP contribution is -2.43. The van der Waals surface area contributed by atoms with Crippen LogP contribution < -0.4 is 5.32 Å². The van der Waals surface area contributed by atoms with E-state index in [4.69, 9.17) is 4.74 Å². The maximum Gasteiger partial charge on any atom is 0.223 e. The summed E-state index contributed by atoms with van der Waals surface area (Å²) in [5.41, 5.74) is -0.900. The molecule has 0 heterocycles. The number of rotatable bonds is 7. The van der Waals surface area contributed by atoms with Gasteiger partial charge >= 0.3 is 0 Å². The highest BCUT2D eigenvalue weighted by Gasteiger charge is 2.23. The number of methoxy groups -OCH3 is 1. The zero-order valence-electron chi connectivity index (χ0n) is 11.0. The van der Waals surface area contributed by atoms with Crippen LogP contribution in [0.4, 0.5) is 0 Å². The molecule has 4 nitrogen and oxygen atoms in total. The Kier molecular flexibility index (Phi) is 6.60. The van der Waals surface area contributed by atoms with Crippen LogP contribution in [0.15, 0.2) is 0 Å². The van der Waals surface area contributed by atoms with Crippen molar-refractivity contribution in [1.29, 1.82) is 0 Å². The summed E-state index contributed by atoms with van der Waals surface area (Å²) in [5, 5.41) is 12.7. The van der Waals surface area contributed by atoms with Gasteiger partial charge in [0.1, 0.15) is 0 Å². The van der Waals surface area contributed by atoms with Crippen molar-refractivity contribution in [2.24, 2.45) is 11.8 Å². The van der Waals surface area contributed by atoms with Crippen LogP contribution in [-0.2, 0) is 9.53 Å². The molecular formula is C12H25NO3. The SMILES string of the molecule is COCCC(C)(O)CNC(=O)C(C)C(C)C. The van der Waals surface area contributed by atoms with E-state index in [1.165, 1.54) is 0 Å². The first kappa shape index (κ1) is 15.4. The number of carbonyl (C=O) groups is 1. The Balaban J connectivity index is 3.99. The summed E-state index contributed by atoms with van der Waals surface area (Å²) < 4.78 is 4.90. The number of amides is 1. The summed E-state index contributed by atoms with van der Waals surface area (Å²) in [6.45, 7) is 8.37. The van der Waals surface area contributed by atoms with Gasteiger partial charge in [0.15, 0.2) is 0 Å². The molecule has 16 heavy (non-hydrogen) atoms. The Hall–Kier alpha value is -0.610. The molecule has 0 bridgehead atoms. The number of carbonyl (C=O) groups excluding carboxylic acids is 1. The Bertz CT molecular complexity index is 214. The summed E-state index contributed by atoms with van der Waals surface area (Å²) in [7, 11) is 1.59. The number of hydrogen-bond acceptors (Lipinski definition) is 3. The fourth-order valence-electron chi connectivity index (χ4n) is 1.15. The van der Waals surface area contributed by atoms with Gasteiger partial charge in [-0.15, -0.1) is 0 Å². The maximum absolute atomic E-state index is 11.7. The molecular weight excluding hydrogens is 206 g/mol. The topological polar surface area (TPSA) is 58.6 Å². The molecule has 2 N–H and O–H groups in total. The van der Waals surface area contributed by atoms with Crippen molar-refractivity contribution in [1.82, 2.24) is 5.32 Å². The molecule has 0 aromatic carbocycles. The third-order valence-electron chi connectivity index (χ3n) is 2.90. The summed E-state index contributed by atoms with van der Waals surface area (Å²) in [4.78, 5) is 11.7. The fourth-order valence-corrected chi connectivity index (χ4v) is 1.15. The number of ether oxygens (including phenoxy) is 1. The molecule has 1 amide bonds. The Morgan fingerprint density at radius 3 is 2.44 bits per heavy atom. The van der Waals surface area contributed by atoms with Crippen LogP contribution in [0.1, 0.15) is 34.1 Å². The highest BCUT2D eigenvalue weighted by atomic mass is 16.5. The Morgan fingerprint density at radius 2 is 2.00 bits per heavy atom. The summed E-state index contributed by atoms with van der Waals surface area (Å²) in [5.74, 6) is 0.273. The lowest BCUT2D eigenvalue weighted by Gasteiger charge is -2.25. The van der Waals surface area contributed by atoms with Crippen LogP contribution >= 0.6 is 0 Å². The van der Waals surface area contributed by atoms with E-state index in [9.17, 15) is 9.90 Å². The Labute approximate surface area is 98.4 Å². The van der Waals surface area contributed by atoms with E-state index in [-0.39, 0.29) is 18.4 Å². The van der Waals surface area contributed by atoms with Gasteiger partial charge in [-0.3, -0.25) is 4.79 Å². The summed E-state index contributed by atoms with van der Waals surface area (Å²) in [6, 6.07) is 0. The van der Waals surface area contributed by atoms with E-state index in [0.29, 0.717) is 18.9 Å². The van der Waals surface area contributed by atoms with Crippen molar-refractivity contribution < 1.29 is 14.6 Å². The van der Waals surface area contributed by atoms with Crippen molar-refractivity contribution in [3.05, 3.63) is 0 Å². The van der Waals surface area contributed by atoms with E-state index >= 15 is 0 Å². The molecule has 2 atom stereocenters. The van der Waals surface area contributed by atoms with Crippen molar-refractivity contribution in [3.63, 3.8) is 0 Å².